The second-order valence-corrected chi connectivity index (χ2v) is 7.89. The third-order valence-electron chi connectivity index (χ3n) is 6.30. The Labute approximate surface area is 142 Å². The third kappa shape index (κ3) is 2.17. The molecule has 0 radical (unpaired) electrons. The maximum atomic E-state index is 12.5. The number of hydrogen-bond donors (Lipinski definition) is 1. The van der Waals surface area contributed by atoms with Gasteiger partial charge < -0.3 is 9.88 Å². The van der Waals surface area contributed by atoms with E-state index in [2.05, 4.69) is 34.0 Å². The highest BCUT2D eigenvalue weighted by atomic mass is 16.1. The largest absolute Gasteiger partial charge is 0.370 e. The molecule has 2 aromatic rings. The molecule has 122 valence electrons. The zero-order chi connectivity index (χ0) is 16.3. The van der Waals surface area contributed by atoms with E-state index in [9.17, 15) is 4.79 Å². The lowest BCUT2D eigenvalue weighted by molar-refractivity contribution is 0.385. The minimum atomic E-state index is -0.133. The number of nitrogens with zero attached hydrogens (tertiary/aromatic N) is 1. The van der Waals surface area contributed by atoms with Crippen molar-refractivity contribution in [2.45, 2.75) is 44.4 Å². The minimum Gasteiger partial charge on any atom is -0.370 e. The molecule has 1 saturated heterocycles. The van der Waals surface area contributed by atoms with Crippen molar-refractivity contribution < 1.29 is 0 Å². The van der Waals surface area contributed by atoms with E-state index in [0.717, 1.165) is 29.7 Å². The lowest BCUT2D eigenvalue weighted by Gasteiger charge is -2.35. The Balaban J connectivity index is 1.67. The summed E-state index contributed by atoms with van der Waals surface area (Å²) in [5, 5.41) is 1.12. The summed E-state index contributed by atoms with van der Waals surface area (Å²) in [6.07, 6.45) is 13.5. The average Bonchev–Trinajstić information content (AvgIpc) is 3.50. The molecule has 3 aliphatic rings. The van der Waals surface area contributed by atoms with Gasteiger partial charge >= 0.3 is 0 Å². The molecule has 2 heterocycles. The van der Waals surface area contributed by atoms with Gasteiger partial charge in [0.05, 0.1) is 11.2 Å². The van der Waals surface area contributed by atoms with Gasteiger partial charge in [0.2, 0.25) is 0 Å². The number of terminal acetylenes is 1. The Bertz CT molecular complexity index is 915. The van der Waals surface area contributed by atoms with E-state index in [0.29, 0.717) is 16.9 Å². The van der Waals surface area contributed by atoms with Crippen molar-refractivity contribution in [3.63, 3.8) is 0 Å². The Morgan fingerprint density at radius 3 is 2.54 bits per heavy atom. The van der Waals surface area contributed by atoms with Gasteiger partial charge in [0, 0.05) is 18.5 Å². The van der Waals surface area contributed by atoms with Gasteiger partial charge in [-0.1, -0.05) is 12.0 Å². The van der Waals surface area contributed by atoms with Crippen molar-refractivity contribution in [3.05, 3.63) is 39.7 Å². The number of rotatable bonds is 2. The van der Waals surface area contributed by atoms with E-state index < -0.39 is 0 Å². The average molecular weight is 318 g/mol. The summed E-state index contributed by atoms with van der Waals surface area (Å²) in [5.41, 5.74) is 4.27. The van der Waals surface area contributed by atoms with Crippen LogP contribution in [0.15, 0.2) is 23.0 Å². The zero-order valence-corrected chi connectivity index (χ0v) is 13.9. The van der Waals surface area contributed by atoms with E-state index in [1.54, 1.807) is 0 Å². The van der Waals surface area contributed by atoms with E-state index in [1.807, 2.05) is 0 Å². The van der Waals surface area contributed by atoms with Crippen molar-refractivity contribution in [2.24, 2.45) is 5.41 Å². The Hall–Kier alpha value is -2.21. The van der Waals surface area contributed by atoms with Gasteiger partial charge in [-0.05, 0) is 67.6 Å². The number of H-pyrrole nitrogens is 1. The molecule has 1 aliphatic heterocycles. The highest BCUT2D eigenvalue weighted by Gasteiger charge is 2.44. The van der Waals surface area contributed by atoms with Crippen LogP contribution in [0.1, 0.15) is 55.6 Å². The fourth-order valence-electron chi connectivity index (χ4n) is 4.31. The molecule has 0 amide bonds. The third-order valence-corrected chi connectivity index (χ3v) is 6.30. The van der Waals surface area contributed by atoms with Crippen molar-refractivity contribution in [1.29, 1.82) is 0 Å². The van der Waals surface area contributed by atoms with Crippen LogP contribution in [0.3, 0.4) is 0 Å². The van der Waals surface area contributed by atoms with Crippen LogP contribution in [-0.4, -0.2) is 18.1 Å². The second-order valence-electron chi connectivity index (χ2n) is 7.89. The molecule has 1 aromatic carbocycles. The number of piperidine rings is 1. The molecule has 3 nitrogen and oxygen atoms in total. The molecule has 3 heteroatoms. The number of nitrogens with one attached hydrogen (secondary N) is 1. The summed E-state index contributed by atoms with van der Waals surface area (Å²) < 4.78 is 0. The fraction of sp³-hybridized carbons (Fsp3) is 0.476. The van der Waals surface area contributed by atoms with Crippen LogP contribution < -0.4 is 10.5 Å². The van der Waals surface area contributed by atoms with Crippen LogP contribution in [-0.2, 0) is 0 Å². The maximum absolute atomic E-state index is 12.5. The lowest BCUT2D eigenvalue weighted by Crippen LogP contribution is -2.36. The predicted molar refractivity (Wildman–Crippen MR) is 97.6 cm³/mol. The summed E-state index contributed by atoms with van der Waals surface area (Å²) in [4.78, 5) is 17.8. The maximum Gasteiger partial charge on any atom is 0.266 e. The Morgan fingerprint density at radius 2 is 1.92 bits per heavy atom. The van der Waals surface area contributed by atoms with Gasteiger partial charge in [-0.25, -0.2) is 0 Å². The van der Waals surface area contributed by atoms with Gasteiger partial charge in [0.15, 0.2) is 0 Å². The molecular weight excluding hydrogens is 296 g/mol. The predicted octanol–water partition coefficient (Wildman–Crippen LogP) is 3.77. The highest BCUT2D eigenvalue weighted by Crippen LogP contribution is 2.54. The van der Waals surface area contributed by atoms with Gasteiger partial charge in [0.1, 0.15) is 5.56 Å². The first-order chi connectivity index (χ1) is 11.7. The van der Waals surface area contributed by atoms with Gasteiger partial charge in [-0.3, -0.25) is 4.79 Å². The summed E-state index contributed by atoms with van der Waals surface area (Å²) in [5.74, 6) is 3.36. The Morgan fingerprint density at radius 1 is 1.17 bits per heavy atom. The number of pyridine rings is 1. The summed E-state index contributed by atoms with van der Waals surface area (Å²) in [7, 11) is 0. The first kappa shape index (κ1) is 14.2. The molecule has 1 aromatic heterocycles. The molecule has 24 heavy (non-hydrogen) atoms. The summed E-state index contributed by atoms with van der Waals surface area (Å²) in [6.45, 7) is 2.03. The van der Waals surface area contributed by atoms with Crippen molar-refractivity contribution >= 4 is 16.6 Å². The first-order valence-electron chi connectivity index (χ1n) is 9.11. The van der Waals surface area contributed by atoms with Gasteiger partial charge in [-0.2, -0.15) is 0 Å². The standard InChI is InChI=1S/C21H22N2O/c1-2-16-19(23-11-9-21(7-8-21)10-12-23)17-13-15(14-3-4-14)5-6-18(17)22-20(16)24/h1,5-6,13-14H,3-4,7-12H2,(H,22,24). The van der Waals surface area contributed by atoms with Crippen LogP contribution in [0, 0.1) is 17.8 Å². The summed E-state index contributed by atoms with van der Waals surface area (Å²) >= 11 is 0. The highest BCUT2D eigenvalue weighted by molar-refractivity contribution is 5.95. The molecule has 2 saturated carbocycles. The molecule has 5 rings (SSSR count). The van der Waals surface area contributed by atoms with Crippen LogP contribution >= 0.6 is 0 Å². The molecule has 2 aliphatic carbocycles. The van der Waals surface area contributed by atoms with E-state index in [1.165, 1.54) is 44.1 Å². The van der Waals surface area contributed by atoms with Crippen LogP contribution in [0.5, 0.6) is 0 Å². The first-order valence-corrected chi connectivity index (χ1v) is 9.11. The number of anilines is 1. The number of aromatic nitrogens is 1. The minimum absolute atomic E-state index is 0.133. The van der Waals surface area contributed by atoms with Crippen molar-refractivity contribution in [3.8, 4) is 12.3 Å². The van der Waals surface area contributed by atoms with Crippen LogP contribution in [0.2, 0.25) is 0 Å². The molecule has 1 N–H and O–H groups in total. The number of benzene rings is 1. The topological polar surface area (TPSA) is 36.1 Å². The molecule has 0 atom stereocenters. The molecular formula is C21H22N2O. The molecule has 0 unspecified atom stereocenters. The number of hydrogen-bond acceptors (Lipinski definition) is 2. The van der Waals surface area contributed by atoms with Gasteiger partial charge in [0.25, 0.3) is 5.56 Å². The number of fused-ring (bicyclic) bond motifs is 1. The van der Waals surface area contributed by atoms with E-state index >= 15 is 0 Å². The second kappa shape index (κ2) is 4.89. The zero-order valence-electron chi connectivity index (χ0n) is 13.9. The molecule has 3 fully saturated rings. The molecule has 1 spiro atoms. The van der Waals surface area contributed by atoms with Crippen molar-refractivity contribution in [2.75, 3.05) is 18.0 Å². The lowest BCUT2D eigenvalue weighted by atomic mass is 9.92. The van der Waals surface area contributed by atoms with Crippen LogP contribution in [0.4, 0.5) is 5.69 Å². The molecule has 0 bridgehead atoms. The van der Waals surface area contributed by atoms with Gasteiger partial charge in [-0.15, -0.1) is 6.42 Å². The number of aromatic amines is 1. The van der Waals surface area contributed by atoms with E-state index in [4.69, 9.17) is 6.42 Å². The fourth-order valence-corrected chi connectivity index (χ4v) is 4.31. The summed E-state index contributed by atoms with van der Waals surface area (Å²) in [6, 6.07) is 6.48. The van der Waals surface area contributed by atoms with E-state index in [-0.39, 0.29) is 5.56 Å². The smallest absolute Gasteiger partial charge is 0.266 e. The Kier molecular flexibility index (Phi) is 2.89. The van der Waals surface area contributed by atoms with Crippen LogP contribution in [0.25, 0.3) is 10.9 Å². The van der Waals surface area contributed by atoms with Crippen molar-refractivity contribution in [1.82, 2.24) is 4.98 Å². The SMILES string of the molecule is C#Cc1c(N2CCC3(CC2)CC3)c2cc(C3CC3)ccc2[nH]c1=O. The monoisotopic (exact) mass is 318 g/mol. The quantitative estimate of drug-likeness (QED) is 0.856. The normalized spacial score (nSPS) is 21.9.